The molecule has 3 N–H and O–H groups in total. The van der Waals surface area contributed by atoms with Crippen molar-refractivity contribution >= 4 is 35.3 Å². The van der Waals surface area contributed by atoms with Crippen molar-refractivity contribution in [2.45, 2.75) is 62.4 Å². The van der Waals surface area contributed by atoms with Crippen LogP contribution >= 0.6 is 23.5 Å². The number of aromatic amines is 1. The Morgan fingerprint density at radius 3 is 2.54 bits per heavy atom. The number of carboxylic acid groups (broad SMARTS) is 1. The topological polar surface area (TPSA) is 138 Å². The van der Waals surface area contributed by atoms with Crippen molar-refractivity contribution in [3.8, 4) is 11.5 Å². The minimum atomic E-state index is -0.816. The summed E-state index contributed by atoms with van der Waals surface area (Å²) in [6.45, 7) is 5.92. The Labute approximate surface area is 261 Å². The molecule has 206 valence electrons. The summed E-state index contributed by atoms with van der Waals surface area (Å²) in [6.07, 6.45) is 2.37. The maximum absolute atomic E-state index is 11.7. The maximum Gasteiger partial charge on any atom is 1.00 e. The molecule has 39 heavy (non-hydrogen) atoms. The summed E-state index contributed by atoms with van der Waals surface area (Å²) >= 11 is 3.33. The third-order valence-corrected chi connectivity index (χ3v) is 8.56. The van der Waals surface area contributed by atoms with Crippen LogP contribution in [0.2, 0.25) is 0 Å². The van der Waals surface area contributed by atoms with Gasteiger partial charge in [0.2, 0.25) is 0 Å². The first kappa shape index (κ1) is 33.2. The fourth-order valence-corrected chi connectivity index (χ4v) is 6.14. The zero-order chi connectivity index (χ0) is 27.5. The predicted molar refractivity (Wildman–Crippen MR) is 150 cm³/mol. The average molecular weight is 583 g/mol. The summed E-state index contributed by atoms with van der Waals surface area (Å²) in [5.74, 6) is 1.58. The van der Waals surface area contributed by atoms with E-state index in [0.29, 0.717) is 41.5 Å². The second-order valence-corrected chi connectivity index (χ2v) is 11.3. The van der Waals surface area contributed by atoms with E-state index in [-0.39, 0.29) is 60.1 Å². The zero-order valence-electron chi connectivity index (χ0n) is 23.8. The number of tetrazole rings is 1. The predicted octanol–water partition coefficient (Wildman–Crippen LogP) is 2.82. The Morgan fingerprint density at radius 2 is 1.92 bits per heavy atom. The quantitative estimate of drug-likeness (QED) is 0.100. The van der Waals surface area contributed by atoms with Crippen molar-refractivity contribution in [2.24, 2.45) is 5.92 Å². The summed E-state index contributed by atoms with van der Waals surface area (Å²) in [5.41, 5.74) is 2.08. The molecule has 0 saturated carbocycles. The van der Waals surface area contributed by atoms with E-state index in [9.17, 15) is 19.8 Å². The Kier molecular flexibility index (Phi) is 14.4. The zero-order valence-corrected chi connectivity index (χ0v) is 26.5. The van der Waals surface area contributed by atoms with Gasteiger partial charge < -0.3 is 16.4 Å². The van der Waals surface area contributed by atoms with Crippen molar-refractivity contribution in [3.05, 3.63) is 58.9 Å². The van der Waals surface area contributed by atoms with Crippen molar-refractivity contribution in [3.63, 3.8) is 0 Å². The number of carboxylic acids is 1. The number of phenols is 1. The molecule has 1 aromatic heterocycles. The monoisotopic (exact) mass is 582 g/mol. The fourth-order valence-electron chi connectivity index (χ4n) is 4.09. The van der Waals surface area contributed by atoms with Gasteiger partial charge in [0.25, 0.3) is 0 Å². The van der Waals surface area contributed by atoms with E-state index in [2.05, 4.69) is 44.9 Å². The molecule has 0 saturated heterocycles. The first-order valence-electron chi connectivity index (χ1n) is 12.6. The van der Waals surface area contributed by atoms with E-state index in [4.69, 9.17) is 4.74 Å². The number of aromatic nitrogens is 4. The minimum absolute atomic E-state index is 0. The van der Waals surface area contributed by atoms with E-state index in [1.807, 2.05) is 13.8 Å². The smallest absolute Gasteiger partial charge is 1.00 e. The molecule has 3 rings (SSSR count). The van der Waals surface area contributed by atoms with Crippen LogP contribution in [-0.2, 0) is 17.0 Å². The Balaban J connectivity index is 0.00000400. The average Bonchev–Trinajstić information content (AvgIpc) is 3.40. The van der Waals surface area contributed by atoms with Crippen molar-refractivity contribution < 1.29 is 55.5 Å². The first-order chi connectivity index (χ1) is 18.3. The number of nitrogens with one attached hydrogen (secondary N) is 1. The van der Waals surface area contributed by atoms with Crippen molar-refractivity contribution in [1.29, 1.82) is 0 Å². The number of ketones is 1. The molecule has 0 aliphatic rings. The van der Waals surface area contributed by atoms with Gasteiger partial charge in [-0.2, -0.15) is 5.21 Å². The molecule has 3 aromatic rings. The molecule has 0 aliphatic heterocycles. The van der Waals surface area contributed by atoms with E-state index >= 15 is 0 Å². The van der Waals surface area contributed by atoms with Gasteiger partial charge in [0.1, 0.15) is 11.5 Å². The number of rotatable bonds is 16. The standard InChI is InChI=1S/C27H34N4O5S2.Na.H/c1-4-6-22-23(12-11-21(18(3)32)26(22)35)36-13-5-14-37-20-9-7-19(8-10-20)27(17(2)15-25(33)34)38-16-24-28-30-31-29-24;;/h7-12,17,27,35H,4-6,13-16H2,1-3H3,(H,33,34)(H,28,29,30,31);;/q;+1;-1. The van der Waals surface area contributed by atoms with Crippen LogP contribution in [0.4, 0.5) is 0 Å². The van der Waals surface area contributed by atoms with Crippen LogP contribution in [0.15, 0.2) is 41.3 Å². The van der Waals surface area contributed by atoms with Gasteiger partial charge in [-0.25, -0.2) is 0 Å². The van der Waals surface area contributed by atoms with Crippen LogP contribution in [-0.4, -0.2) is 54.9 Å². The third-order valence-electron chi connectivity index (χ3n) is 5.94. The number of ether oxygens (including phenoxy) is 1. The molecule has 2 aromatic carbocycles. The molecule has 0 spiro atoms. The Hall–Kier alpha value is -2.05. The number of aromatic hydroxyl groups is 1. The number of Topliss-reactive ketones (excluding diaryl/α,β-unsaturated/α-hetero) is 1. The number of phenolic OH excluding ortho intramolecular Hbond substituents is 1. The number of carbonyl (C=O) groups excluding carboxylic acids is 1. The summed E-state index contributed by atoms with van der Waals surface area (Å²) in [6, 6.07) is 11.6. The third kappa shape index (κ3) is 10.1. The number of aliphatic carboxylic acids is 1. The van der Waals surface area contributed by atoms with E-state index in [1.54, 1.807) is 35.7 Å². The van der Waals surface area contributed by atoms with Gasteiger partial charge in [0.05, 0.1) is 17.9 Å². The fraction of sp³-hybridized carbons (Fsp3) is 0.444. The number of H-pyrrole nitrogens is 1. The second kappa shape index (κ2) is 16.9. The molecular formula is C27H35N4NaO5S2. The molecule has 0 aliphatic carbocycles. The molecule has 0 amide bonds. The van der Waals surface area contributed by atoms with Gasteiger partial charge in [-0.05, 0) is 55.5 Å². The van der Waals surface area contributed by atoms with Crippen LogP contribution in [0.3, 0.4) is 0 Å². The minimum Gasteiger partial charge on any atom is -1.00 e. The molecule has 0 fully saturated rings. The van der Waals surface area contributed by atoms with Crippen LogP contribution in [0.25, 0.3) is 0 Å². The largest absolute Gasteiger partial charge is 1.00 e. The van der Waals surface area contributed by atoms with E-state index in [1.165, 1.54) is 6.92 Å². The molecule has 0 radical (unpaired) electrons. The molecule has 9 nitrogen and oxygen atoms in total. The van der Waals surface area contributed by atoms with E-state index in [0.717, 1.165) is 29.1 Å². The van der Waals surface area contributed by atoms with Gasteiger partial charge in [0, 0.05) is 27.9 Å². The molecule has 1 heterocycles. The van der Waals surface area contributed by atoms with Gasteiger partial charge in [-0.1, -0.05) is 37.6 Å². The number of thioether (sulfide) groups is 2. The van der Waals surface area contributed by atoms with Crippen molar-refractivity contribution in [2.75, 3.05) is 12.4 Å². The summed E-state index contributed by atoms with van der Waals surface area (Å²) in [4.78, 5) is 24.2. The number of benzene rings is 2. The molecule has 0 bridgehead atoms. The van der Waals surface area contributed by atoms with Gasteiger partial charge in [0.15, 0.2) is 11.6 Å². The van der Waals surface area contributed by atoms with Gasteiger partial charge in [-0.15, -0.1) is 33.7 Å². The van der Waals surface area contributed by atoms with Gasteiger partial charge >= 0.3 is 35.5 Å². The van der Waals surface area contributed by atoms with Gasteiger partial charge in [-0.3, -0.25) is 9.59 Å². The van der Waals surface area contributed by atoms with E-state index < -0.39 is 5.97 Å². The molecular weight excluding hydrogens is 547 g/mol. The first-order valence-corrected chi connectivity index (χ1v) is 14.6. The van der Waals surface area contributed by atoms with Crippen LogP contribution in [0.1, 0.15) is 74.0 Å². The number of carbonyl (C=O) groups is 2. The normalized spacial score (nSPS) is 12.4. The molecule has 2 unspecified atom stereocenters. The van der Waals surface area contributed by atoms with Crippen LogP contribution in [0.5, 0.6) is 11.5 Å². The number of hydrogen-bond acceptors (Lipinski definition) is 9. The Bertz CT molecular complexity index is 1200. The maximum atomic E-state index is 11.7. The summed E-state index contributed by atoms with van der Waals surface area (Å²) in [7, 11) is 0. The number of nitrogens with zero attached hydrogens (tertiary/aromatic N) is 3. The van der Waals surface area contributed by atoms with Crippen LogP contribution in [0, 0.1) is 5.92 Å². The summed E-state index contributed by atoms with van der Waals surface area (Å²) < 4.78 is 5.96. The molecule has 2 atom stereocenters. The number of hydrogen-bond donors (Lipinski definition) is 3. The Morgan fingerprint density at radius 1 is 1.18 bits per heavy atom. The summed E-state index contributed by atoms with van der Waals surface area (Å²) in [5, 5.41) is 33.8. The van der Waals surface area contributed by atoms with Crippen LogP contribution < -0.4 is 34.3 Å². The second-order valence-electron chi connectivity index (χ2n) is 9.00. The van der Waals surface area contributed by atoms with Crippen molar-refractivity contribution in [1.82, 2.24) is 20.6 Å². The molecule has 12 heteroatoms. The SMILES string of the molecule is CCCc1c(OCCCSc2ccc(C(SCc3nn[nH]n3)C(C)CC(=O)O)cc2)ccc(C(C)=O)c1O.[H-].[Na+].